The van der Waals surface area contributed by atoms with Crippen LogP contribution in [0.15, 0.2) is 18.2 Å². The molecule has 0 N–H and O–H groups in total. The Bertz CT molecular complexity index is 622. The monoisotopic (exact) mass is 311 g/mol. The minimum absolute atomic E-state index is 0.0391. The zero-order valence-corrected chi connectivity index (χ0v) is 12.5. The van der Waals surface area contributed by atoms with E-state index in [0.717, 1.165) is 0 Å². The Morgan fingerprint density at radius 1 is 1.33 bits per heavy atom. The minimum atomic E-state index is -0.537. The highest BCUT2D eigenvalue weighted by Crippen LogP contribution is 2.36. The van der Waals surface area contributed by atoms with Gasteiger partial charge >= 0.3 is 0 Å². The van der Waals surface area contributed by atoms with E-state index in [1.54, 1.807) is 23.9 Å². The number of amides is 2. The third kappa shape index (κ3) is 2.10. The Morgan fingerprint density at radius 2 is 2.05 bits per heavy atom. The van der Waals surface area contributed by atoms with Crippen LogP contribution in [0.25, 0.3) is 0 Å². The Hall–Kier alpha value is -1.66. The van der Waals surface area contributed by atoms with E-state index in [0.29, 0.717) is 18.5 Å². The third-order valence-electron chi connectivity index (χ3n) is 3.90. The van der Waals surface area contributed by atoms with E-state index >= 15 is 0 Å². The third-order valence-corrected chi connectivity index (χ3v) is 4.19. The number of carbonyl (C=O) groups is 2. The lowest BCUT2D eigenvalue weighted by Crippen LogP contribution is -2.51. The number of hydrogen-bond donors (Lipinski definition) is 0. The molecule has 0 aliphatic carbocycles. The average Bonchev–Trinajstić information content (AvgIpc) is 2.93. The summed E-state index contributed by atoms with van der Waals surface area (Å²) < 4.78 is 13.3. The van der Waals surface area contributed by atoms with Gasteiger partial charge in [0.15, 0.2) is 6.29 Å². The highest BCUT2D eigenvalue weighted by molar-refractivity contribution is 6.31. The first-order valence-corrected chi connectivity index (χ1v) is 7.05. The van der Waals surface area contributed by atoms with Gasteiger partial charge in [-0.15, -0.1) is 0 Å². The van der Waals surface area contributed by atoms with Crippen molar-refractivity contribution in [3.63, 3.8) is 0 Å². The summed E-state index contributed by atoms with van der Waals surface area (Å²) in [4.78, 5) is 29.6. The Morgan fingerprint density at radius 3 is 2.67 bits per heavy atom. The highest BCUT2D eigenvalue weighted by Gasteiger charge is 2.53. The fourth-order valence-corrected chi connectivity index (χ4v) is 3.18. The molecule has 1 aromatic rings. The summed E-state index contributed by atoms with van der Waals surface area (Å²) >= 11 is 5.81. The van der Waals surface area contributed by atoms with Gasteiger partial charge in [0.05, 0.1) is 5.02 Å². The zero-order valence-electron chi connectivity index (χ0n) is 11.7. The molecule has 2 heterocycles. The zero-order chi connectivity index (χ0) is 15.3. The van der Waals surface area contributed by atoms with Gasteiger partial charge in [0.1, 0.15) is 11.9 Å². The first-order valence-electron chi connectivity index (χ1n) is 6.67. The van der Waals surface area contributed by atoms with E-state index in [4.69, 9.17) is 11.6 Å². The quantitative estimate of drug-likeness (QED) is 0.834. The minimum Gasteiger partial charge on any atom is -0.297 e. The smallest absolute Gasteiger partial charge is 0.252 e. The fourth-order valence-electron chi connectivity index (χ4n) is 3.01. The molecule has 2 aliphatic heterocycles. The molecule has 0 saturated carbocycles. The van der Waals surface area contributed by atoms with Crippen LogP contribution in [0.2, 0.25) is 5.02 Å². The SMILES string of the molecule is CN(C)[C@@H]1N(c2ccc(F)c(Cl)c2)C(=O)[C@@H]2CCC(=O)N12. The maximum Gasteiger partial charge on any atom is 0.252 e. The first-order chi connectivity index (χ1) is 9.91. The summed E-state index contributed by atoms with van der Waals surface area (Å²) in [7, 11) is 3.59. The second-order valence-electron chi connectivity index (χ2n) is 5.47. The number of anilines is 1. The Balaban J connectivity index is 2.05. The molecule has 0 spiro atoms. The van der Waals surface area contributed by atoms with Crippen LogP contribution in [0.3, 0.4) is 0 Å². The molecule has 2 amide bonds. The van der Waals surface area contributed by atoms with Crippen LogP contribution >= 0.6 is 11.6 Å². The lowest BCUT2D eigenvalue weighted by Gasteiger charge is -2.34. The second-order valence-corrected chi connectivity index (χ2v) is 5.88. The van der Waals surface area contributed by atoms with Gasteiger partial charge < -0.3 is 0 Å². The Labute approximate surface area is 126 Å². The summed E-state index contributed by atoms with van der Waals surface area (Å²) in [5, 5.41) is -0.0452. The molecule has 0 bridgehead atoms. The summed E-state index contributed by atoms with van der Waals surface area (Å²) in [5.41, 5.74) is 0.493. The maximum atomic E-state index is 13.3. The number of fused-ring (bicyclic) bond motifs is 1. The molecule has 2 saturated heterocycles. The first kappa shape index (κ1) is 14.3. The Kier molecular flexibility index (Phi) is 3.37. The molecule has 112 valence electrons. The number of carbonyl (C=O) groups excluding carboxylic acids is 2. The molecule has 21 heavy (non-hydrogen) atoms. The van der Waals surface area contributed by atoms with Gasteiger partial charge in [0, 0.05) is 12.1 Å². The number of nitrogens with zero attached hydrogens (tertiary/aromatic N) is 3. The number of benzene rings is 1. The maximum absolute atomic E-state index is 13.3. The van der Waals surface area contributed by atoms with Crippen molar-refractivity contribution < 1.29 is 14.0 Å². The van der Waals surface area contributed by atoms with Crippen LogP contribution in [-0.2, 0) is 9.59 Å². The standard InChI is InChI=1S/C14H15ClFN3O2/c1-17(2)14-18(8-3-4-10(16)9(15)7-8)13(21)11-5-6-12(20)19(11)14/h3-4,7,11,14H,5-6H2,1-2H3/t11-,14+/m0/s1. The molecular formula is C14H15ClFN3O2. The van der Waals surface area contributed by atoms with Gasteiger partial charge in [-0.25, -0.2) is 4.39 Å². The van der Waals surface area contributed by atoms with Crippen LogP contribution in [-0.4, -0.2) is 48.0 Å². The van der Waals surface area contributed by atoms with Crippen LogP contribution < -0.4 is 4.90 Å². The summed E-state index contributed by atoms with van der Waals surface area (Å²) in [6.45, 7) is 0. The van der Waals surface area contributed by atoms with Crippen LogP contribution in [0, 0.1) is 5.82 Å². The summed E-state index contributed by atoms with van der Waals surface area (Å²) in [5.74, 6) is -0.727. The van der Waals surface area contributed by atoms with Crippen molar-refractivity contribution in [2.24, 2.45) is 0 Å². The highest BCUT2D eigenvalue weighted by atomic mass is 35.5. The predicted molar refractivity (Wildman–Crippen MR) is 76.2 cm³/mol. The van der Waals surface area contributed by atoms with Crippen molar-refractivity contribution in [3.8, 4) is 0 Å². The molecule has 3 rings (SSSR count). The van der Waals surface area contributed by atoms with Gasteiger partial charge in [-0.3, -0.25) is 24.3 Å². The normalized spacial score (nSPS) is 25.2. The number of rotatable bonds is 2. The topological polar surface area (TPSA) is 43.9 Å². The van der Waals surface area contributed by atoms with Gasteiger partial charge in [0.2, 0.25) is 5.91 Å². The lowest BCUT2D eigenvalue weighted by molar-refractivity contribution is -0.133. The van der Waals surface area contributed by atoms with E-state index in [2.05, 4.69) is 0 Å². The predicted octanol–water partition coefficient (Wildman–Crippen LogP) is 1.66. The summed E-state index contributed by atoms with van der Waals surface area (Å²) in [6.07, 6.45) is 0.408. The van der Waals surface area contributed by atoms with E-state index in [1.807, 2.05) is 0 Å². The molecule has 0 aromatic heterocycles. The molecule has 0 unspecified atom stereocenters. The lowest BCUT2D eigenvalue weighted by atomic mass is 10.2. The van der Waals surface area contributed by atoms with Crippen molar-refractivity contribution in [2.45, 2.75) is 25.2 Å². The van der Waals surface area contributed by atoms with E-state index in [1.165, 1.54) is 23.1 Å². The van der Waals surface area contributed by atoms with E-state index < -0.39 is 18.1 Å². The summed E-state index contributed by atoms with van der Waals surface area (Å²) in [6, 6.07) is 3.71. The van der Waals surface area contributed by atoms with Crippen LogP contribution in [0.4, 0.5) is 10.1 Å². The van der Waals surface area contributed by atoms with E-state index in [9.17, 15) is 14.0 Å². The van der Waals surface area contributed by atoms with Crippen LogP contribution in [0.5, 0.6) is 0 Å². The molecule has 7 heteroatoms. The fraction of sp³-hybridized carbons (Fsp3) is 0.429. The molecule has 2 fully saturated rings. The second kappa shape index (κ2) is 4.96. The number of hydrogen-bond acceptors (Lipinski definition) is 3. The van der Waals surface area contributed by atoms with Gasteiger partial charge in [-0.05, 0) is 38.7 Å². The van der Waals surface area contributed by atoms with Gasteiger partial charge in [-0.2, -0.15) is 0 Å². The van der Waals surface area contributed by atoms with Crippen molar-refractivity contribution in [1.29, 1.82) is 0 Å². The molecule has 2 aliphatic rings. The molecule has 0 radical (unpaired) electrons. The largest absolute Gasteiger partial charge is 0.297 e. The van der Waals surface area contributed by atoms with Crippen molar-refractivity contribution in [1.82, 2.24) is 9.80 Å². The van der Waals surface area contributed by atoms with E-state index in [-0.39, 0.29) is 16.8 Å². The van der Waals surface area contributed by atoms with Crippen molar-refractivity contribution in [3.05, 3.63) is 29.0 Å². The molecule has 5 nitrogen and oxygen atoms in total. The van der Waals surface area contributed by atoms with Crippen LogP contribution in [0.1, 0.15) is 12.8 Å². The van der Waals surface area contributed by atoms with Crippen molar-refractivity contribution >= 4 is 29.1 Å². The molecular weight excluding hydrogens is 297 g/mol. The van der Waals surface area contributed by atoms with Gasteiger partial charge in [0.25, 0.3) is 5.91 Å². The van der Waals surface area contributed by atoms with Crippen molar-refractivity contribution in [2.75, 3.05) is 19.0 Å². The molecule has 1 aromatic carbocycles. The average molecular weight is 312 g/mol. The van der Waals surface area contributed by atoms with Gasteiger partial charge in [-0.1, -0.05) is 11.6 Å². The number of halogens is 2. The molecule has 2 atom stereocenters.